The first-order valence-corrected chi connectivity index (χ1v) is 4.27. The molecule has 0 atom stereocenters. The van der Waals surface area contributed by atoms with Gasteiger partial charge in [0.25, 0.3) is 0 Å². The van der Waals surface area contributed by atoms with Crippen LogP contribution in [0.4, 0.5) is 4.39 Å². The van der Waals surface area contributed by atoms with Gasteiger partial charge in [0.2, 0.25) is 0 Å². The Balaban J connectivity index is 2.88. The Labute approximate surface area is 77.4 Å². The molecule has 0 spiro atoms. The summed E-state index contributed by atoms with van der Waals surface area (Å²) in [5.41, 5.74) is 1.36. The summed E-state index contributed by atoms with van der Waals surface area (Å²) in [6.07, 6.45) is 0.642. The molecule has 0 radical (unpaired) electrons. The molecule has 0 saturated carbocycles. The van der Waals surface area contributed by atoms with E-state index in [1.54, 1.807) is 13.0 Å². The number of benzene rings is 1. The van der Waals surface area contributed by atoms with E-state index >= 15 is 0 Å². The number of phenols is 1. The van der Waals surface area contributed by atoms with E-state index in [1.165, 1.54) is 6.07 Å². The average Bonchev–Trinajstić information content (AvgIpc) is 2.09. The molecule has 0 aliphatic rings. The monoisotopic (exact) mass is 183 g/mol. The topological polar surface area (TPSA) is 32.3 Å². The van der Waals surface area contributed by atoms with Gasteiger partial charge in [-0.15, -0.1) is 0 Å². The molecule has 0 saturated heterocycles. The first-order valence-electron chi connectivity index (χ1n) is 4.27. The predicted molar refractivity (Wildman–Crippen MR) is 50.4 cm³/mol. The van der Waals surface area contributed by atoms with Crippen LogP contribution in [-0.4, -0.2) is 18.7 Å². The number of hydrogen-bond donors (Lipinski definition) is 2. The minimum atomic E-state index is -0.335. The van der Waals surface area contributed by atoms with Crippen LogP contribution in [0.5, 0.6) is 5.75 Å². The standard InChI is InChI=1S/C10H14FNO/c1-7-5-8(3-4-12-2)9(11)6-10(7)13/h5-6,12-13H,3-4H2,1-2H3. The van der Waals surface area contributed by atoms with Gasteiger partial charge in [-0.25, -0.2) is 4.39 Å². The van der Waals surface area contributed by atoms with Crippen LogP contribution in [-0.2, 0) is 6.42 Å². The third-order valence-corrected chi connectivity index (χ3v) is 2.01. The molecule has 0 aliphatic carbocycles. The third-order valence-electron chi connectivity index (χ3n) is 2.01. The first kappa shape index (κ1) is 9.99. The minimum Gasteiger partial charge on any atom is -0.508 e. The van der Waals surface area contributed by atoms with Gasteiger partial charge < -0.3 is 10.4 Å². The van der Waals surface area contributed by atoms with E-state index in [0.29, 0.717) is 17.5 Å². The number of aromatic hydroxyl groups is 1. The number of nitrogens with one attached hydrogen (secondary N) is 1. The molecule has 0 bridgehead atoms. The molecule has 13 heavy (non-hydrogen) atoms. The average molecular weight is 183 g/mol. The Hall–Kier alpha value is -1.09. The summed E-state index contributed by atoms with van der Waals surface area (Å²) in [5.74, 6) is -0.316. The molecule has 2 N–H and O–H groups in total. The van der Waals surface area contributed by atoms with Gasteiger partial charge in [0, 0.05) is 6.07 Å². The highest BCUT2D eigenvalue weighted by molar-refractivity contribution is 5.36. The zero-order chi connectivity index (χ0) is 9.84. The van der Waals surface area contributed by atoms with E-state index in [4.69, 9.17) is 0 Å². The molecule has 3 heteroatoms. The van der Waals surface area contributed by atoms with E-state index in [0.717, 1.165) is 6.54 Å². The molecule has 2 nitrogen and oxygen atoms in total. The highest BCUT2D eigenvalue weighted by Gasteiger charge is 2.05. The van der Waals surface area contributed by atoms with E-state index in [2.05, 4.69) is 5.32 Å². The Morgan fingerprint density at radius 2 is 2.15 bits per heavy atom. The highest BCUT2D eigenvalue weighted by atomic mass is 19.1. The second kappa shape index (κ2) is 4.23. The van der Waals surface area contributed by atoms with Gasteiger partial charge in [-0.1, -0.05) is 0 Å². The SMILES string of the molecule is CNCCc1cc(C)c(O)cc1F. The van der Waals surface area contributed by atoms with Gasteiger partial charge in [0.05, 0.1) is 0 Å². The van der Waals surface area contributed by atoms with Crippen molar-refractivity contribution in [1.29, 1.82) is 0 Å². The van der Waals surface area contributed by atoms with Crippen LogP contribution < -0.4 is 5.32 Å². The summed E-state index contributed by atoms with van der Waals surface area (Å²) >= 11 is 0. The van der Waals surface area contributed by atoms with Crippen LogP contribution >= 0.6 is 0 Å². The number of hydrogen-bond acceptors (Lipinski definition) is 2. The number of halogens is 1. The van der Waals surface area contributed by atoms with Gasteiger partial charge in [0.15, 0.2) is 0 Å². The lowest BCUT2D eigenvalue weighted by atomic mass is 10.1. The van der Waals surface area contributed by atoms with Crippen molar-refractivity contribution in [3.8, 4) is 5.75 Å². The Bertz CT molecular complexity index is 299. The molecule has 0 heterocycles. The van der Waals surface area contributed by atoms with Gasteiger partial charge in [0.1, 0.15) is 11.6 Å². The zero-order valence-corrected chi connectivity index (χ0v) is 7.89. The van der Waals surface area contributed by atoms with Crippen molar-refractivity contribution in [2.75, 3.05) is 13.6 Å². The van der Waals surface area contributed by atoms with Crippen molar-refractivity contribution in [3.05, 3.63) is 29.1 Å². The van der Waals surface area contributed by atoms with Crippen LogP contribution in [0.2, 0.25) is 0 Å². The highest BCUT2D eigenvalue weighted by Crippen LogP contribution is 2.20. The lowest BCUT2D eigenvalue weighted by Gasteiger charge is -2.05. The van der Waals surface area contributed by atoms with E-state index in [9.17, 15) is 9.50 Å². The second-order valence-electron chi connectivity index (χ2n) is 3.08. The number of aryl methyl sites for hydroxylation is 1. The minimum absolute atomic E-state index is 0.0192. The fraction of sp³-hybridized carbons (Fsp3) is 0.400. The van der Waals surface area contributed by atoms with Gasteiger partial charge >= 0.3 is 0 Å². The summed E-state index contributed by atoms with van der Waals surface area (Å²) in [4.78, 5) is 0. The van der Waals surface area contributed by atoms with Crippen LogP contribution in [0, 0.1) is 12.7 Å². The summed E-state index contributed by atoms with van der Waals surface area (Å²) < 4.78 is 13.2. The molecule has 0 aliphatic heterocycles. The molecule has 1 aromatic carbocycles. The lowest BCUT2D eigenvalue weighted by Crippen LogP contribution is -2.11. The molecule has 72 valence electrons. The van der Waals surface area contributed by atoms with Crippen molar-refractivity contribution in [2.45, 2.75) is 13.3 Å². The quantitative estimate of drug-likeness (QED) is 0.746. The Morgan fingerprint density at radius 3 is 2.77 bits per heavy atom. The fourth-order valence-electron chi connectivity index (χ4n) is 1.18. The summed E-state index contributed by atoms with van der Waals surface area (Å²) in [6, 6.07) is 2.85. The molecule has 1 aromatic rings. The van der Waals surface area contributed by atoms with Gasteiger partial charge in [-0.2, -0.15) is 0 Å². The molecular formula is C10H14FNO. The molecule has 0 unspecified atom stereocenters. The predicted octanol–water partition coefficient (Wildman–Crippen LogP) is 1.60. The number of phenolic OH excluding ortho intramolecular Hbond substituents is 1. The van der Waals surface area contributed by atoms with Gasteiger partial charge in [-0.3, -0.25) is 0 Å². The van der Waals surface area contributed by atoms with Crippen molar-refractivity contribution in [1.82, 2.24) is 5.32 Å². The summed E-state index contributed by atoms with van der Waals surface area (Å²) in [7, 11) is 1.82. The zero-order valence-electron chi connectivity index (χ0n) is 7.89. The first-order chi connectivity index (χ1) is 6.15. The fourth-order valence-corrected chi connectivity index (χ4v) is 1.18. The maximum atomic E-state index is 13.2. The molecular weight excluding hydrogens is 169 g/mol. The van der Waals surface area contributed by atoms with E-state index in [1.807, 2.05) is 7.05 Å². The van der Waals surface area contributed by atoms with E-state index < -0.39 is 0 Å². The van der Waals surface area contributed by atoms with Crippen molar-refractivity contribution in [2.24, 2.45) is 0 Å². The molecule has 1 rings (SSSR count). The number of rotatable bonds is 3. The summed E-state index contributed by atoms with van der Waals surface area (Å²) in [5, 5.41) is 12.1. The van der Waals surface area contributed by atoms with Crippen molar-refractivity contribution < 1.29 is 9.50 Å². The molecule has 0 amide bonds. The normalized spacial score (nSPS) is 10.4. The lowest BCUT2D eigenvalue weighted by molar-refractivity contribution is 0.463. The second-order valence-corrected chi connectivity index (χ2v) is 3.08. The van der Waals surface area contributed by atoms with Crippen LogP contribution in [0.3, 0.4) is 0 Å². The largest absolute Gasteiger partial charge is 0.508 e. The maximum Gasteiger partial charge on any atom is 0.130 e. The Morgan fingerprint density at radius 1 is 1.46 bits per heavy atom. The molecule has 0 fully saturated rings. The third kappa shape index (κ3) is 2.42. The number of likely N-dealkylation sites (N-methyl/N-ethyl adjacent to an activating group) is 1. The maximum absolute atomic E-state index is 13.2. The van der Waals surface area contributed by atoms with Crippen molar-refractivity contribution >= 4 is 0 Å². The van der Waals surface area contributed by atoms with Crippen LogP contribution in [0.15, 0.2) is 12.1 Å². The van der Waals surface area contributed by atoms with E-state index in [-0.39, 0.29) is 11.6 Å². The van der Waals surface area contributed by atoms with Gasteiger partial charge in [-0.05, 0) is 44.1 Å². The smallest absolute Gasteiger partial charge is 0.130 e. The molecule has 0 aromatic heterocycles. The van der Waals surface area contributed by atoms with Crippen molar-refractivity contribution in [3.63, 3.8) is 0 Å². The summed E-state index contributed by atoms with van der Waals surface area (Å²) in [6.45, 7) is 2.50. The van der Waals surface area contributed by atoms with Crippen LogP contribution in [0.1, 0.15) is 11.1 Å². The Kier molecular flexibility index (Phi) is 3.25. The van der Waals surface area contributed by atoms with Crippen LogP contribution in [0.25, 0.3) is 0 Å².